The Labute approximate surface area is 185 Å². The van der Waals surface area contributed by atoms with E-state index in [9.17, 15) is 9.59 Å². The molecule has 3 aliphatic rings. The molecule has 0 aromatic heterocycles. The normalized spacial score (nSPS) is 23.3. The summed E-state index contributed by atoms with van der Waals surface area (Å²) >= 11 is 0. The third kappa shape index (κ3) is 4.70. The summed E-state index contributed by atoms with van der Waals surface area (Å²) in [6.07, 6.45) is 3.03. The van der Waals surface area contributed by atoms with Gasteiger partial charge < -0.3 is 9.64 Å². The van der Waals surface area contributed by atoms with E-state index < -0.39 is 0 Å². The maximum atomic E-state index is 13.6. The molecule has 2 saturated heterocycles. The van der Waals surface area contributed by atoms with Crippen molar-refractivity contribution in [1.29, 1.82) is 0 Å². The number of aryl methyl sites for hydroxylation is 2. The number of nitrogens with zero attached hydrogens (tertiary/aromatic N) is 3. The number of hydrogen-bond acceptors (Lipinski definition) is 5. The van der Waals surface area contributed by atoms with Crippen molar-refractivity contribution in [3.63, 3.8) is 0 Å². The van der Waals surface area contributed by atoms with Crippen LogP contribution in [0.15, 0.2) is 23.9 Å². The molecule has 0 N–H and O–H groups in total. The van der Waals surface area contributed by atoms with Crippen molar-refractivity contribution in [2.24, 2.45) is 5.92 Å². The number of benzene rings is 1. The molecule has 4 rings (SSSR count). The summed E-state index contributed by atoms with van der Waals surface area (Å²) in [6.45, 7) is 12.7. The average Bonchev–Trinajstić information content (AvgIpc) is 2.99. The van der Waals surface area contributed by atoms with Crippen LogP contribution in [0.2, 0.25) is 0 Å². The molecule has 1 aromatic rings. The minimum absolute atomic E-state index is 0.115. The molecular weight excluding hydrogens is 390 g/mol. The van der Waals surface area contributed by atoms with Gasteiger partial charge in [-0.1, -0.05) is 30.7 Å². The minimum Gasteiger partial charge on any atom is -0.379 e. The van der Waals surface area contributed by atoms with Crippen LogP contribution in [0.4, 0.5) is 0 Å². The molecule has 0 radical (unpaired) electrons. The number of carbonyl (C=O) groups is 2. The number of piperidine rings is 1. The van der Waals surface area contributed by atoms with Crippen LogP contribution in [0.25, 0.3) is 5.57 Å². The second-order valence-electron chi connectivity index (χ2n) is 9.30. The fraction of sp³-hybridized carbons (Fsp3) is 0.600. The molecule has 31 heavy (non-hydrogen) atoms. The molecular formula is C25H35N3O3. The van der Waals surface area contributed by atoms with Gasteiger partial charge >= 0.3 is 0 Å². The number of carbonyl (C=O) groups excluding carboxylic acids is 2. The molecule has 2 fully saturated rings. The van der Waals surface area contributed by atoms with Crippen molar-refractivity contribution >= 4 is 17.4 Å². The molecule has 0 aliphatic carbocycles. The van der Waals surface area contributed by atoms with Crippen molar-refractivity contribution in [3.05, 3.63) is 40.6 Å². The molecule has 1 atom stereocenters. The van der Waals surface area contributed by atoms with Crippen molar-refractivity contribution in [3.8, 4) is 0 Å². The lowest BCUT2D eigenvalue weighted by Crippen LogP contribution is -2.41. The Morgan fingerprint density at radius 2 is 1.81 bits per heavy atom. The zero-order valence-electron chi connectivity index (χ0n) is 19.2. The zero-order valence-corrected chi connectivity index (χ0v) is 19.2. The van der Waals surface area contributed by atoms with E-state index >= 15 is 0 Å². The molecule has 3 heterocycles. The highest BCUT2D eigenvalue weighted by atomic mass is 16.5. The maximum absolute atomic E-state index is 13.6. The molecule has 3 aliphatic heterocycles. The van der Waals surface area contributed by atoms with E-state index in [2.05, 4.69) is 29.7 Å². The number of hydrogen-bond donors (Lipinski definition) is 0. The molecule has 6 nitrogen and oxygen atoms in total. The van der Waals surface area contributed by atoms with Gasteiger partial charge in [-0.25, -0.2) is 0 Å². The third-order valence-corrected chi connectivity index (χ3v) is 6.73. The van der Waals surface area contributed by atoms with E-state index in [0.717, 1.165) is 75.5 Å². The number of imide groups is 1. The second-order valence-corrected chi connectivity index (χ2v) is 9.30. The largest absolute Gasteiger partial charge is 0.379 e. The van der Waals surface area contributed by atoms with E-state index in [1.165, 1.54) is 11.3 Å². The smallest absolute Gasteiger partial charge is 0.277 e. The van der Waals surface area contributed by atoms with Crippen LogP contribution in [-0.4, -0.2) is 79.0 Å². The van der Waals surface area contributed by atoms with Crippen LogP contribution in [0, 0.1) is 19.8 Å². The molecule has 0 bridgehead atoms. The van der Waals surface area contributed by atoms with Crippen LogP contribution in [-0.2, 0) is 14.3 Å². The predicted molar refractivity (Wildman–Crippen MR) is 121 cm³/mol. The van der Waals surface area contributed by atoms with E-state index in [1.807, 2.05) is 19.1 Å². The highest BCUT2D eigenvalue weighted by molar-refractivity contribution is 6.35. The molecule has 168 valence electrons. The Bertz CT molecular complexity index is 873. The van der Waals surface area contributed by atoms with E-state index in [4.69, 9.17) is 4.74 Å². The first kappa shape index (κ1) is 22.0. The maximum Gasteiger partial charge on any atom is 0.277 e. The van der Waals surface area contributed by atoms with Gasteiger partial charge in [0.25, 0.3) is 11.8 Å². The number of ether oxygens (including phenoxy) is 1. The van der Waals surface area contributed by atoms with E-state index in [-0.39, 0.29) is 11.8 Å². The lowest BCUT2D eigenvalue weighted by molar-refractivity contribution is -0.137. The highest BCUT2D eigenvalue weighted by Gasteiger charge is 2.42. The first-order valence-electron chi connectivity index (χ1n) is 11.7. The quantitative estimate of drug-likeness (QED) is 0.656. The Morgan fingerprint density at radius 1 is 1.03 bits per heavy atom. The third-order valence-electron chi connectivity index (χ3n) is 6.73. The Hall–Kier alpha value is -2.18. The first-order valence-corrected chi connectivity index (χ1v) is 11.7. The van der Waals surface area contributed by atoms with Crippen molar-refractivity contribution < 1.29 is 14.3 Å². The van der Waals surface area contributed by atoms with Gasteiger partial charge in [-0.2, -0.15) is 0 Å². The van der Waals surface area contributed by atoms with Gasteiger partial charge in [-0.15, -0.1) is 0 Å². The molecule has 1 unspecified atom stereocenters. The van der Waals surface area contributed by atoms with E-state index in [1.54, 1.807) is 0 Å². The van der Waals surface area contributed by atoms with Gasteiger partial charge in [-0.3, -0.25) is 19.4 Å². The molecule has 0 spiro atoms. The van der Waals surface area contributed by atoms with Gasteiger partial charge in [0.1, 0.15) is 5.70 Å². The van der Waals surface area contributed by atoms with Crippen molar-refractivity contribution in [2.75, 3.05) is 52.5 Å². The standard InChI is InChI=1S/C25H35N3O3/c1-18-7-8-21(20(3)16-18)22-23(27-10-4-6-19(2)17-27)25(30)28(24(22)29)11-5-9-26-12-14-31-15-13-26/h7-8,16,19H,4-6,9-15,17H2,1-3H3. The minimum atomic E-state index is -0.132. The summed E-state index contributed by atoms with van der Waals surface area (Å²) in [5, 5.41) is 0. The van der Waals surface area contributed by atoms with Gasteiger partial charge in [0, 0.05) is 39.3 Å². The summed E-state index contributed by atoms with van der Waals surface area (Å²) < 4.78 is 5.41. The topological polar surface area (TPSA) is 53.1 Å². The number of rotatable bonds is 6. The highest BCUT2D eigenvalue weighted by Crippen LogP contribution is 2.35. The van der Waals surface area contributed by atoms with E-state index in [0.29, 0.717) is 23.7 Å². The lowest BCUT2D eigenvalue weighted by atomic mass is 9.95. The Kier molecular flexibility index (Phi) is 6.77. The van der Waals surface area contributed by atoms with Crippen LogP contribution < -0.4 is 0 Å². The Balaban J connectivity index is 1.58. The summed E-state index contributed by atoms with van der Waals surface area (Å²) in [6, 6.07) is 6.14. The summed E-state index contributed by atoms with van der Waals surface area (Å²) in [7, 11) is 0. The zero-order chi connectivity index (χ0) is 22.0. The summed E-state index contributed by atoms with van der Waals surface area (Å²) in [5.41, 5.74) is 4.33. The van der Waals surface area contributed by atoms with Gasteiger partial charge in [0.2, 0.25) is 0 Å². The van der Waals surface area contributed by atoms with Gasteiger partial charge in [0.15, 0.2) is 0 Å². The fourth-order valence-corrected chi connectivity index (χ4v) is 5.07. The molecule has 2 amide bonds. The lowest BCUT2D eigenvalue weighted by Gasteiger charge is -2.33. The van der Waals surface area contributed by atoms with Gasteiger partial charge in [0.05, 0.1) is 18.8 Å². The van der Waals surface area contributed by atoms with Gasteiger partial charge in [-0.05, 0) is 50.2 Å². The van der Waals surface area contributed by atoms with Crippen LogP contribution in [0.5, 0.6) is 0 Å². The number of amides is 2. The number of likely N-dealkylation sites (tertiary alicyclic amines) is 1. The Morgan fingerprint density at radius 3 is 2.52 bits per heavy atom. The monoisotopic (exact) mass is 425 g/mol. The second kappa shape index (κ2) is 9.53. The average molecular weight is 426 g/mol. The van der Waals surface area contributed by atoms with Crippen molar-refractivity contribution in [1.82, 2.24) is 14.7 Å². The van der Waals surface area contributed by atoms with Crippen LogP contribution in [0.3, 0.4) is 0 Å². The fourth-order valence-electron chi connectivity index (χ4n) is 5.07. The SMILES string of the molecule is Cc1ccc(C2=C(N3CCCC(C)C3)C(=O)N(CCCN3CCOCC3)C2=O)c(C)c1. The molecule has 6 heteroatoms. The van der Waals surface area contributed by atoms with Crippen LogP contribution >= 0.6 is 0 Å². The predicted octanol–water partition coefficient (Wildman–Crippen LogP) is 2.84. The van der Waals surface area contributed by atoms with Crippen molar-refractivity contribution in [2.45, 2.75) is 40.0 Å². The summed E-state index contributed by atoms with van der Waals surface area (Å²) in [4.78, 5) is 33.1. The molecule has 1 aromatic carbocycles. The summed E-state index contributed by atoms with van der Waals surface area (Å²) in [5.74, 6) is 0.281. The first-order chi connectivity index (χ1) is 15.0. The number of morpholine rings is 1. The van der Waals surface area contributed by atoms with Crippen LogP contribution in [0.1, 0.15) is 42.9 Å². The molecule has 0 saturated carbocycles.